The van der Waals surface area contributed by atoms with Crippen molar-refractivity contribution in [2.45, 2.75) is 83.8 Å². The molecule has 3 fully saturated rings. The van der Waals surface area contributed by atoms with Gasteiger partial charge in [-0.3, -0.25) is 4.79 Å². The lowest BCUT2D eigenvalue weighted by atomic mass is 9.47. The van der Waals surface area contributed by atoms with E-state index in [-0.39, 0.29) is 28.9 Å². The second kappa shape index (κ2) is 8.29. The van der Waals surface area contributed by atoms with E-state index in [1.165, 1.54) is 12.5 Å². The summed E-state index contributed by atoms with van der Waals surface area (Å²) in [4.78, 5) is 24.5. The van der Waals surface area contributed by atoms with Crippen LogP contribution >= 0.6 is 0 Å². The van der Waals surface area contributed by atoms with E-state index in [1.807, 2.05) is 18.2 Å². The molecule has 0 aliphatic heterocycles. The normalized spacial score (nSPS) is 40.6. The Balaban J connectivity index is 1.40. The van der Waals surface area contributed by atoms with Crippen molar-refractivity contribution in [3.63, 3.8) is 0 Å². The number of carbonyl (C=O) groups is 2. The van der Waals surface area contributed by atoms with Crippen LogP contribution in [0.1, 0.15) is 82.5 Å². The molecule has 4 aliphatic rings. The van der Waals surface area contributed by atoms with Gasteiger partial charge in [-0.2, -0.15) is 0 Å². The van der Waals surface area contributed by atoms with E-state index in [0.717, 1.165) is 51.4 Å². The van der Waals surface area contributed by atoms with Gasteiger partial charge in [-0.15, -0.1) is 6.42 Å². The van der Waals surface area contributed by atoms with Gasteiger partial charge in [0.25, 0.3) is 0 Å². The molecule has 0 unspecified atom stereocenters. The summed E-state index contributed by atoms with van der Waals surface area (Å²) >= 11 is 0. The molecule has 4 nitrogen and oxygen atoms in total. The lowest BCUT2D eigenvalue weighted by Gasteiger charge is -2.58. The Morgan fingerprint density at radius 3 is 2.47 bits per heavy atom. The fraction of sp³-hybridized carbons (Fsp3) is 0.600. The summed E-state index contributed by atoms with van der Waals surface area (Å²) in [7, 11) is 0. The zero-order chi connectivity index (χ0) is 24.1. The maximum absolute atomic E-state index is 13.0. The van der Waals surface area contributed by atoms with Crippen LogP contribution in [0.4, 0.5) is 0 Å². The number of hydrogen-bond acceptors (Lipinski definition) is 4. The summed E-state index contributed by atoms with van der Waals surface area (Å²) in [6.45, 7) is 6.21. The van der Waals surface area contributed by atoms with Crippen LogP contribution in [-0.4, -0.2) is 23.6 Å². The minimum absolute atomic E-state index is 0.0141. The molecule has 180 valence electrons. The smallest absolute Gasteiger partial charge is 0.339 e. The molecule has 1 aromatic rings. The molecule has 0 radical (unpaired) electrons. The number of allylic oxidation sites excluding steroid dienone is 1. The third-order valence-corrected chi connectivity index (χ3v) is 10.0. The molecule has 0 N–H and O–H groups in total. The molecule has 34 heavy (non-hydrogen) atoms. The van der Waals surface area contributed by atoms with Gasteiger partial charge in [0, 0.05) is 18.8 Å². The maximum atomic E-state index is 13.0. The molecule has 4 heteroatoms. The van der Waals surface area contributed by atoms with Crippen molar-refractivity contribution in [1.82, 2.24) is 0 Å². The molecular weight excluding hydrogens is 424 g/mol. The van der Waals surface area contributed by atoms with Crippen molar-refractivity contribution >= 4 is 11.9 Å². The Morgan fingerprint density at radius 1 is 1.03 bits per heavy atom. The predicted octanol–water partition coefficient (Wildman–Crippen LogP) is 6.11. The summed E-state index contributed by atoms with van der Waals surface area (Å²) in [5, 5.41) is 0. The Hall–Kier alpha value is -2.54. The molecule has 5 rings (SSSR count). The minimum Gasteiger partial charge on any atom is -0.462 e. The van der Waals surface area contributed by atoms with Crippen molar-refractivity contribution in [1.29, 1.82) is 0 Å². The highest BCUT2D eigenvalue weighted by Crippen LogP contribution is 2.67. The molecule has 0 aromatic heterocycles. The van der Waals surface area contributed by atoms with Gasteiger partial charge >= 0.3 is 11.9 Å². The molecule has 1 aromatic carbocycles. The Morgan fingerprint density at radius 2 is 1.76 bits per heavy atom. The van der Waals surface area contributed by atoms with Crippen LogP contribution in [-0.2, 0) is 14.3 Å². The van der Waals surface area contributed by atoms with Crippen molar-refractivity contribution in [2.24, 2.45) is 28.6 Å². The molecule has 0 spiro atoms. The number of ether oxygens (including phenoxy) is 2. The number of fused-ring (bicyclic) bond motifs is 5. The summed E-state index contributed by atoms with van der Waals surface area (Å²) in [5.74, 6) is 4.08. The van der Waals surface area contributed by atoms with Gasteiger partial charge in [0.1, 0.15) is 6.10 Å². The summed E-state index contributed by atoms with van der Waals surface area (Å²) in [5.41, 5.74) is 1.12. The zero-order valence-electron chi connectivity index (χ0n) is 20.6. The first-order chi connectivity index (χ1) is 16.2. The fourth-order valence-corrected chi connectivity index (χ4v) is 8.19. The molecule has 0 bridgehead atoms. The molecule has 4 aliphatic carbocycles. The third-order valence-electron chi connectivity index (χ3n) is 10.0. The second-order valence-corrected chi connectivity index (χ2v) is 11.5. The first kappa shape index (κ1) is 23.2. The third kappa shape index (κ3) is 3.43. The highest BCUT2D eigenvalue weighted by molar-refractivity contribution is 5.89. The van der Waals surface area contributed by atoms with Gasteiger partial charge in [0.2, 0.25) is 0 Å². The van der Waals surface area contributed by atoms with Crippen LogP contribution in [0.5, 0.6) is 0 Å². The van der Waals surface area contributed by atoms with Gasteiger partial charge in [-0.25, -0.2) is 4.79 Å². The highest BCUT2D eigenvalue weighted by atomic mass is 16.6. The maximum Gasteiger partial charge on any atom is 0.339 e. The van der Waals surface area contributed by atoms with Crippen LogP contribution in [0.15, 0.2) is 42.0 Å². The van der Waals surface area contributed by atoms with E-state index in [2.05, 4.69) is 25.8 Å². The zero-order valence-corrected chi connectivity index (χ0v) is 20.6. The van der Waals surface area contributed by atoms with Crippen LogP contribution in [0.2, 0.25) is 0 Å². The van der Waals surface area contributed by atoms with Crippen molar-refractivity contribution < 1.29 is 19.1 Å². The standard InChI is InChI=1S/C30H36O4/c1-5-30(34-27(32)21-9-7-6-8-10-21)18-15-26-24-12-11-22-19-23(33-20(2)31)13-16-28(22,3)25(24)14-17-29(26,30)4/h1,6-11,23-26H,12-19H2,2-4H3/t23-,24+,25-,26-,28-,29-,30-/m0/s1. The Labute approximate surface area is 203 Å². The summed E-state index contributed by atoms with van der Waals surface area (Å²) in [6.07, 6.45) is 16.3. The molecule has 0 heterocycles. The molecule has 0 amide bonds. The number of esters is 2. The van der Waals surface area contributed by atoms with Crippen molar-refractivity contribution in [3.8, 4) is 12.3 Å². The Bertz CT molecular complexity index is 1050. The fourth-order valence-electron chi connectivity index (χ4n) is 8.19. The van der Waals surface area contributed by atoms with Crippen molar-refractivity contribution in [2.75, 3.05) is 0 Å². The van der Waals surface area contributed by atoms with Gasteiger partial charge < -0.3 is 9.47 Å². The van der Waals surface area contributed by atoms with Crippen LogP contribution < -0.4 is 0 Å². The number of rotatable bonds is 3. The van der Waals surface area contributed by atoms with Gasteiger partial charge in [-0.1, -0.05) is 49.6 Å². The Kier molecular flexibility index (Phi) is 5.66. The largest absolute Gasteiger partial charge is 0.462 e. The highest BCUT2D eigenvalue weighted by Gasteiger charge is 2.65. The first-order valence-electron chi connectivity index (χ1n) is 12.9. The van der Waals surface area contributed by atoms with Crippen LogP contribution in [0.25, 0.3) is 0 Å². The number of hydrogen-bond donors (Lipinski definition) is 0. The van der Waals surface area contributed by atoms with Crippen LogP contribution in [0, 0.1) is 40.9 Å². The lowest BCUT2D eigenvalue weighted by Crippen LogP contribution is -2.55. The minimum atomic E-state index is -0.854. The topological polar surface area (TPSA) is 52.6 Å². The second-order valence-electron chi connectivity index (χ2n) is 11.5. The van der Waals surface area contributed by atoms with Gasteiger partial charge in [0.05, 0.1) is 5.56 Å². The van der Waals surface area contributed by atoms with E-state index >= 15 is 0 Å². The summed E-state index contributed by atoms with van der Waals surface area (Å²) in [6, 6.07) is 9.18. The number of benzene rings is 1. The molecule has 7 atom stereocenters. The number of carbonyl (C=O) groups excluding carboxylic acids is 2. The number of terminal acetylenes is 1. The molecule has 0 saturated heterocycles. The van der Waals surface area contributed by atoms with Gasteiger partial charge in [0.15, 0.2) is 5.60 Å². The predicted molar refractivity (Wildman–Crippen MR) is 131 cm³/mol. The molecule has 3 saturated carbocycles. The van der Waals surface area contributed by atoms with E-state index in [0.29, 0.717) is 23.3 Å². The van der Waals surface area contributed by atoms with Crippen LogP contribution in [0.3, 0.4) is 0 Å². The quantitative estimate of drug-likeness (QED) is 0.310. The van der Waals surface area contributed by atoms with E-state index in [9.17, 15) is 9.59 Å². The average molecular weight is 461 g/mol. The van der Waals surface area contributed by atoms with E-state index < -0.39 is 5.60 Å². The van der Waals surface area contributed by atoms with Gasteiger partial charge in [-0.05, 0) is 80.2 Å². The summed E-state index contributed by atoms with van der Waals surface area (Å²) < 4.78 is 11.8. The lowest BCUT2D eigenvalue weighted by molar-refractivity contribution is -0.149. The first-order valence-corrected chi connectivity index (χ1v) is 12.9. The van der Waals surface area contributed by atoms with E-state index in [4.69, 9.17) is 15.9 Å². The monoisotopic (exact) mass is 460 g/mol. The average Bonchev–Trinajstić information content (AvgIpc) is 3.12. The SMILES string of the molecule is C#C[C@]1(OC(=O)c2ccccc2)CC[C@H]2[C@@H]3CC=C4C[C@@H](OC(C)=O)CC[C@]4(C)[C@H]3CC[C@@]21C. The van der Waals surface area contributed by atoms with Crippen molar-refractivity contribution in [3.05, 3.63) is 47.5 Å². The van der Waals surface area contributed by atoms with E-state index in [1.54, 1.807) is 12.1 Å². The molecular formula is C30H36O4.